The van der Waals surface area contributed by atoms with Gasteiger partial charge in [-0.15, -0.1) is 11.8 Å². The molecule has 0 saturated heterocycles. The molecule has 25 heavy (non-hydrogen) atoms. The van der Waals surface area contributed by atoms with Gasteiger partial charge < -0.3 is 0 Å². The Morgan fingerprint density at radius 3 is 2.64 bits per heavy atom. The van der Waals surface area contributed by atoms with Crippen LogP contribution in [0.5, 0.6) is 0 Å². The van der Waals surface area contributed by atoms with Gasteiger partial charge in [-0.25, -0.2) is 4.99 Å². The first-order valence-corrected chi connectivity index (χ1v) is 9.40. The summed E-state index contributed by atoms with van der Waals surface area (Å²) in [5.41, 5.74) is 3.17. The van der Waals surface area contributed by atoms with Crippen LogP contribution in [0.3, 0.4) is 0 Å². The summed E-state index contributed by atoms with van der Waals surface area (Å²) in [6, 6.07) is 10.3. The van der Waals surface area contributed by atoms with Gasteiger partial charge in [-0.2, -0.15) is 0 Å². The molecule has 0 amide bonds. The van der Waals surface area contributed by atoms with Crippen molar-refractivity contribution in [3.63, 3.8) is 0 Å². The van der Waals surface area contributed by atoms with Gasteiger partial charge in [-0.3, -0.25) is 14.5 Å². The number of Topliss-reactive ketones (excluding diaryl/α,β-unsaturated/α-hetero) is 2. The quantitative estimate of drug-likeness (QED) is 0.736. The van der Waals surface area contributed by atoms with E-state index in [4.69, 9.17) is 0 Å². The van der Waals surface area contributed by atoms with Crippen LogP contribution in [-0.2, 0) is 16.1 Å². The predicted molar refractivity (Wildman–Crippen MR) is 103 cm³/mol. The fraction of sp³-hybridized carbons (Fsp3) is 0.350. The van der Waals surface area contributed by atoms with Crippen LogP contribution in [0.4, 0.5) is 0 Å². The number of hydrogen-bond donors (Lipinski definition) is 0. The van der Waals surface area contributed by atoms with E-state index in [1.807, 2.05) is 39.1 Å². The Kier molecular flexibility index (Phi) is 5.35. The molecule has 130 valence electrons. The molecule has 0 fully saturated rings. The highest BCUT2D eigenvalue weighted by Crippen LogP contribution is 2.34. The molecule has 0 radical (unpaired) electrons. The number of nitrogens with zero attached hydrogens (tertiary/aromatic N) is 2. The molecule has 1 aromatic rings. The fourth-order valence-electron chi connectivity index (χ4n) is 3.02. The van der Waals surface area contributed by atoms with Crippen LogP contribution in [0.15, 0.2) is 58.2 Å². The fourth-order valence-corrected chi connectivity index (χ4v) is 4.07. The maximum absolute atomic E-state index is 12.8. The summed E-state index contributed by atoms with van der Waals surface area (Å²) in [4.78, 5) is 31.7. The van der Waals surface area contributed by atoms with Crippen molar-refractivity contribution in [1.29, 1.82) is 0 Å². The van der Waals surface area contributed by atoms with Crippen molar-refractivity contribution in [1.82, 2.24) is 4.90 Å². The number of aliphatic imine (C=N–C) groups is 1. The van der Waals surface area contributed by atoms with Crippen molar-refractivity contribution >= 4 is 28.4 Å². The first kappa shape index (κ1) is 17.8. The second-order valence-electron chi connectivity index (χ2n) is 6.75. The number of likely N-dealkylation sites (N-methyl/N-ethyl adjacent to an activating group) is 1. The molecule has 5 heteroatoms. The number of thioether (sulfide) groups is 1. The summed E-state index contributed by atoms with van der Waals surface area (Å²) in [5.74, 6) is 0.271. The molecule has 0 saturated carbocycles. The van der Waals surface area contributed by atoms with Gasteiger partial charge in [0.25, 0.3) is 0 Å². The summed E-state index contributed by atoms with van der Waals surface area (Å²) in [5, 5.41) is 0.758. The van der Waals surface area contributed by atoms with Crippen LogP contribution in [0.2, 0.25) is 0 Å². The molecule has 1 aromatic carbocycles. The zero-order valence-corrected chi connectivity index (χ0v) is 15.6. The molecule has 0 aliphatic carbocycles. The third kappa shape index (κ3) is 3.83. The molecule has 0 N–H and O–H groups in total. The minimum absolute atomic E-state index is 0.130. The minimum Gasteiger partial charge on any atom is -0.298 e. The molecule has 0 bridgehead atoms. The Morgan fingerprint density at radius 1 is 1.24 bits per heavy atom. The number of fused-ring (bicyclic) bond motifs is 1. The maximum atomic E-state index is 12.8. The Hall–Kier alpha value is -1.98. The molecule has 0 spiro atoms. The van der Waals surface area contributed by atoms with Crippen molar-refractivity contribution < 1.29 is 9.59 Å². The number of allylic oxidation sites excluding steroid dienone is 1. The number of hydrogen-bond acceptors (Lipinski definition) is 5. The average molecular weight is 354 g/mol. The summed E-state index contributed by atoms with van der Waals surface area (Å²) < 4.78 is 0. The van der Waals surface area contributed by atoms with Gasteiger partial charge in [0.1, 0.15) is 5.04 Å². The minimum atomic E-state index is -0.203. The number of ketones is 2. The van der Waals surface area contributed by atoms with Crippen LogP contribution >= 0.6 is 11.8 Å². The average Bonchev–Trinajstić information content (AvgIpc) is 2.99. The lowest BCUT2D eigenvalue weighted by atomic mass is 9.91. The third-order valence-corrected chi connectivity index (χ3v) is 5.35. The molecule has 2 aliphatic heterocycles. The van der Waals surface area contributed by atoms with Crippen LogP contribution in [-0.4, -0.2) is 40.9 Å². The van der Waals surface area contributed by atoms with Crippen LogP contribution in [0.1, 0.15) is 19.4 Å². The number of rotatable bonds is 6. The third-order valence-electron chi connectivity index (χ3n) is 4.28. The standard InChI is InChI=1S/C20H22N2O2S/c1-13(2)18(23)16-9-21-20-17(19(16)24)15(12-25-20)11-22(3)10-14-7-5-4-6-8-14/h4-9,13H,10-12H2,1-3H3. The highest BCUT2D eigenvalue weighted by Gasteiger charge is 2.35. The van der Waals surface area contributed by atoms with Gasteiger partial charge in [0, 0.05) is 31.0 Å². The maximum Gasteiger partial charge on any atom is 0.200 e. The largest absolute Gasteiger partial charge is 0.298 e. The lowest BCUT2D eigenvalue weighted by Crippen LogP contribution is -2.26. The molecular weight excluding hydrogens is 332 g/mol. The zero-order chi connectivity index (χ0) is 18.0. The van der Waals surface area contributed by atoms with Crippen molar-refractivity contribution in [2.45, 2.75) is 20.4 Å². The second-order valence-corrected chi connectivity index (χ2v) is 7.71. The van der Waals surface area contributed by atoms with E-state index in [9.17, 15) is 9.59 Å². The van der Waals surface area contributed by atoms with Crippen molar-refractivity contribution in [3.8, 4) is 0 Å². The summed E-state index contributed by atoms with van der Waals surface area (Å²) in [6.45, 7) is 5.13. The lowest BCUT2D eigenvalue weighted by molar-refractivity contribution is -0.121. The topological polar surface area (TPSA) is 49.7 Å². The molecule has 3 rings (SSSR count). The summed E-state index contributed by atoms with van der Waals surface area (Å²) in [7, 11) is 2.05. The van der Waals surface area contributed by atoms with Crippen LogP contribution < -0.4 is 0 Å². The van der Waals surface area contributed by atoms with E-state index in [1.54, 1.807) is 11.8 Å². The first-order chi connectivity index (χ1) is 12.0. The van der Waals surface area contributed by atoms with E-state index < -0.39 is 0 Å². The van der Waals surface area contributed by atoms with Gasteiger partial charge >= 0.3 is 0 Å². The number of benzene rings is 1. The Bertz CT molecular complexity index is 791. The Balaban J connectivity index is 1.79. The molecule has 0 aromatic heterocycles. The number of carbonyl (C=O) groups excluding carboxylic acids is 2. The second kappa shape index (κ2) is 7.50. The first-order valence-electron chi connectivity index (χ1n) is 8.42. The summed E-state index contributed by atoms with van der Waals surface area (Å²) >= 11 is 1.58. The number of carbonyl (C=O) groups is 2. The van der Waals surface area contributed by atoms with Gasteiger partial charge in [0.2, 0.25) is 5.78 Å². The monoisotopic (exact) mass is 354 g/mol. The molecule has 4 nitrogen and oxygen atoms in total. The van der Waals surface area contributed by atoms with Crippen molar-refractivity contribution in [3.05, 3.63) is 58.8 Å². The zero-order valence-electron chi connectivity index (χ0n) is 14.8. The molecule has 2 aliphatic rings. The van der Waals surface area contributed by atoms with Gasteiger partial charge in [0.05, 0.1) is 11.1 Å². The van der Waals surface area contributed by atoms with Gasteiger partial charge in [0.15, 0.2) is 5.78 Å². The van der Waals surface area contributed by atoms with E-state index in [0.717, 1.165) is 22.9 Å². The van der Waals surface area contributed by atoms with E-state index in [-0.39, 0.29) is 23.1 Å². The lowest BCUT2D eigenvalue weighted by Gasteiger charge is -2.19. The van der Waals surface area contributed by atoms with E-state index >= 15 is 0 Å². The van der Waals surface area contributed by atoms with Crippen LogP contribution in [0.25, 0.3) is 0 Å². The summed E-state index contributed by atoms with van der Waals surface area (Å²) in [6.07, 6.45) is 1.45. The Labute approximate surface area is 152 Å². The van der Waals surface area contributed by atoms with E-state index in [2.05, 4.69) is 22.0 Å². The van der Waals surface area contributed by atoms with E-state index in [0.29, 0.717) is 12.1 Å². The SMILES string of the molecule is CC(C)C(=O)C1=CN=C2SCC(CN(C)Cc3ccccc3)=C2C1=O. The van der Waals surface area contributed by atoms with Crippen LogP contribution in [0, 0.1) is 5.92 Å². The molecular formula is C20H22N2O2S. The van der Waals surface area contributed by atoms with Crippen molar-refractivity contribution in [2.24, 2.45) is 10.9 Å². The smallest absolute Gasteiger partial charge is 0.200 e. The normalized spacial score (nSPS) is 17.1. The molecule has 2 heterocycles. The highest BCUT2D eigenvalue weighted by molar-refractivity contribution is 8.15. The predicted octanol–water partition coefficient (Wildman–Crippen LogP) is 3.25. The van der Waals surface area contributed by atoms with Crippen molar-refractivity contribution in [2.75, 3.05) is 19.3 Å². The molecule has 0 atom stereocenters. The van der Waals surface area contributed by atoms with E-state index in [1.165, 1.54) is 11.8 Å². The highest BCUT2D eigenvalue weighted by atomic mass is 32.2. The van der Waals surface area contributed by atoms with Gasteiger partial charge in [-0.05, 0) is 18.2 Å². The molecule has 0 unspecified atom stereocenters. The Morgan fingerprint density at radius 2 is 1.96 bits per heavy atom. The van der Waals surface area contributed by atoms with Gasteiger partial charge in [-0.1, -0.05) is 44.2 Å².